The quantitative estimate of drug-likeness (QED) is 0.869. The molecule has 2 aliphatic rings. The zero-order chi connectivity index (χ0) is 10.8. The fourth-order valence-electron chi connectivity index (χ4n) is 2.80. The van der Waals surface area contributed by atoms with E-state index >= 15 is 0 Å². The Morgan fingerprint density at radius 2 is 2.12 bits per heavy atom. The molecule has 1 aromatic rings. The molecule has 1 N–H and O–H groups in total. The zero-order valence-corrected chi connectivity index (χ0v) is 10.3. The molecule has 16 heavy (non-hydrogen) atoms. The maximum absolute atomic E-state index is 5.26. The Morgan fingerprint density at radius 1 is 1.31 bits per heavy atom. The average molecular weight is 237 g/mol. The molecule has 0 bridgehead atoms. The molecule has 3 rings (SSSR count). The van der Waals surface area contributed by atoms with Crippen LogP contribution in [0.25, 0.3) is 0 Å². The molecule has 1 aromatic heterocycles. The summed E-state index contributed by atoms with van der Waals surface area (Å²) in [5.74, 6) is 0.847. The molecular weight excluding hydrogens is 218 g/mol. The van der Waals surface area contributed by atoms with Gasteiger partial charge in [0.05, 0.1) is 19.3 Å². The van der Waals surface area contributed by atoms with Crippen LogP contribution in [-0.2, 0) is 4.74 Å². The molecule has 1 unspecified atom stereocenters. The monoisotopic (exact) mass is 237 g/mol. The molecule has 1 aliphatic heterocycles. The molecule has 2 nitrogen and oxygen atoms in total. The minimum absolute atomic E-state index is 0.580. The van der Waals surface area contributed by atoms with Gasteiger partial charge in [-0.3, -0.25) is 0 Å². The van der Waals surface area contributed by atoms with Crippen LogP contribution in [0, 0.1) is 5.92 Å². The molecule has 1 aliphatic carbocycles. The topological polar surface area (TPSA) is 21.3 Å². The van der Waals surface area contributed by atoms with Crippen molar-refractivity contribution in [3.63, 3.8) is 0 Å². The van der Waals surface area contributed by atoms with E-state index in [0.717, 1.165) is 19.1 Å². The van der Waals surface area contributed by atoms with Gasteiger partial charge in [0.2, 0.25) is 0 Å². The first-order valence-electron chi connectivity index (χ1n) is 6.30. The summed E-state index contributed by atoms with van der Waals surface area (Å²) >= 11 is 1.89. The number of thiophene rings is 1. The van der Waals surface area contributed by atoms with Gasteiger partial charge < -0.3 is 10.1 Å². The Balaban J connectivity index is 1.71. The first-order chi connectivity index (χ1) is 7.93. The third-order valence-electron chi connectivity index (χ3n) is 3.77. The van der Waals surface area contributed by atoms with Gasteiger partial charge in [0.25, 0.3) is 0 Å². The van der Waals surface area contributed by atoms with E-state index in [1.807, 2.05) is 11.3 Å². The van der Waals surface area contributed by atoms with Gasteiger partial charge in [-0.15, -0.1) is 11.3 Å². The molecule has 2 fully saturated rings. The Kier molecular flexibility index (Phi) is 3.27. The lowest BCUT2D eigenvalue weighted by molar-refractivity contribution is -0.0131. The summed E-state index contributed by atoms with van der Waals surface area (Å²) in [5, 5.41) is 5.97. The SMILES string of the molecule is c1csc(C(NC2COC2)C2CCCC2)c1. The normalized spacial score (nSPS) is 24.5. The van der Waals surface area contributed by atoms with Crippen molar-refractivity contribution < 1.29 is 4.74 Å². The molecule has 1 saturated carbocycles. The van der Waals surface area contributed by atoms with Crippen LogP contribution in [0.5, 0.6) is 0 Å². The first kappa shape index (κ1) is 10.8. The third kappa shape index (κ3) is 2.17. The maximum atomic E-state index is 5.26. The van der Waals surface area contributed by atoms with Gasteiger partial charge in [0.15, 0.2) is 0 Å². The number of rotatable bonds is 4. The average Bonchev–Trinajstić information content (AvgIpc) is 2.87. The molecular formula is C13H19NOS. The highest BCUT2D eigenvalue weighted by Crippen LogP contribution is 2.37. The Bertz CT molecular complexity index is 315. The Morgan fingerprint density at radius 3 is 2.69 bits per heavy atom. The van der Waals surface area contributed by atoms with Crippen molar-refractivity contribution in [2.24, 2.45) is 5.92 Å². The molecule has 2 heterocycles. The second kappa shape index (κ2) is 4.86. The lowest BCUT2D eigenvalue weighted by atomic mass is 9.95. The minimum atomic E-state index is 0.580. The smallest absolute Gasteiger partial charge is 0.0643 e. The molecule has 3 heteroatoms. The van der Waals surface area contributed by atoms with Crippen molar-refractivity contribution in [2.75, 3.05) is 13.2 Å². The second-order valence-electron chi connectivity index (χ2n) is 4.94. The summed E-state index contributed by atoms with van der Waals surface area (Å²) in [4.78, 5) is 1.51. The van der Waals surface area contributed by atoms with Gasteiger partial charge >= 0.3 is 0 Å². The number of ether oxygens (including phenoxy) is 1. The largest absolute Gasteiger partial charge is 0.378 e. The van der Waals surface area contributed by atoms with Crippen LogP contribution in [0.4, 0.5) is 0 Å². The predicted octanol–water partition coefficient (Wildman–Crippen LogP) is 2.97. The van der Waals surface area contributed by atoms with Gasteiger partial charge in [0, 0.05) is 10.9 Å². The first-order valence-corrected chi connectivity index (χ1v) is 7.18. The van der Waals surface area contributed by atoms with Crippen LogP contribution in [0.2, 0.25) is 0 Å². The van der Waals surface area contributed by atoms with Crippen molar-refractivity contribution in [1.82, 2.24) is 5.32 Å². The lowest BCUT2D eigenvalue weighted by Gasteiger charge is -2.34. The molecule has 0 amide bonds. The molecule has 0 spiro atoms. The predicted molar refractivity (Wildman–Crippen MR) is 66.8 cm³/mol. The second-order valence-corrected chi connectivity index (χ2v) is 5.92. The molecule has 0 radical (unpaired) electrons. The van der Waals surface area contributed by atoms with E-state index in [4.69, 9.17) is 4.74 Å². The van der Waals surface area contributed by atoms with Crippen molar-refractivity contribution in [3.8, 4) is 0 Å². The van der Waals surface area contributed by atoms with Crippen LogP contribution in [0.1, 0.15) is 36.6 Å². The molecule has 0 aromatic carbocycles. The van der Waals surface area contributed by atoms with E-state index in [9.17, 15) is 0 Å². The highest BCUT2D eigenvalue weighted by Gasteiger charge is 2.30. The van der Waals surface area contributed by atoms with Crippen LogP contribution in [-0.4, -0.2) is 19.3 Å². The third-order valence-corrected chi connectivity index (χ3v) is 4.73. The summed E-state index contributed by atoms with van der Waals surface area (Å²) in [6.07, 6.45) is 5.61. The highest BCUT2D eigenvalue weighted by molar-refractivity contribution is 7.10. The molecule has 88 valence electrons. The summed E-state index contributed by atoms with van der Waals surface area (Å²) in [6.45, 7) is 1.79. The fraction of sp³-hybridized carbons (Fsp3) is 0.692. The minimum Gasteiger partial charge on any atom is -0.378 e. The van der Waals surface area contributed by atoms with Crippen molar-refractivity contribution in [3.05, 3.63) is 22.4 Å². The fourth-order valence-corrected chi connectivity index (χ4v) is 3.67. The number of nitrogens with one attached hydrogen (secondary N) is 1. The summed E-state index contributed by atoms with van der Waals surface area (Å²) in [6, 6.07) is 5.62. The standard InChI is InChI=1S/C13H19NOS/c1-2-5-10(4-1)13(12-6-3-7-16-12)14-11-8-15-9-11/h3,6-7,10-11,13-14H,1-2,4-5,8-9H2. The van der Waals surface area contributed by atoms with Gasteiger partial charge in [-0.25, -0.2) is 0 Å². The van der Waals surface area contributed by atoms with Crippen molar-refractivity contribution in [1.29, 1.82) is 0 Å². The number of hydrogen-bond donors (Lipinski definition) is 1. The van der Waals surface area contributed by atoms with Crippen LogP contribution in [0.3, 0.4) is 0 Å². The van der Waals surface area contributed by atoms with E-state index in [-0.39, 0.29) is 0 Å². The van der Waals surface area contributed by atoms with Gasteiger partial charge in [-0.05, 0) is 30.2 Å². The maximum Gasteiger partial charge on any atom is 0.0643 e. The Labute approximate surface area is 101 Å². The summed E-state index contributed by atoms with van der Waals surface area (Å²) in [7, 11) is 0. The molecule has 1 atom stereocenters. The van der Waals surface area contributed by atoms with E-state index in [0.29, 0.717) is 12.1 Å². The zero-order valence-electron chi connectivity index (χ0n) is 9.52. The lowest BCUT2D eigenvalue weighted by Crippen LogP contribution is -2.48. The Hall–Kier alpha value is -0.380. The van der Waals surface area contributed by atoms with Gasteiger partial charge in [-0.1, -0.05) is 18.9 Å². The van der Waals surface area contributed by atoms with Crippen LogP contribution in [0.15, 0.2) is 17.5 Å². The van der Waals surface area contributed by atoms with Crippen LogP contribution < -0.4 is 5.32 Å². The number of hydrogen-bond acceptors (Lipinski definition) is 3. The highest BCUT2D eigenvalue weighted by atomic mass is 32.1. The van der Waals surface area contributed by atoms with Crippen molar-refractivity contribution in [2.45, 2.75) is 37.8 Å². The summed E-state index contributed by atoms with van der Waals surface area (Å²) < 4.78 is 5.26. The van der Waals surface area contributed by atoms with E-state index in [1.165, 1.54) is 30.6 Å². The molecule has 1 saturated heterocycles. The van der Waals surface area contributed by atoms with Gasteiger partial charge in [-0.2, -0.15) is 0 Å². The van der Waals surface area contributed by atoms with E-state index in [2.05, 4.69) is 22.8 Å². The van der Waals surface area contributed by atoms with Crippen LogP contribution >= 0.6 is 11.3 Å². The van der Waals surface area contributed by atoms with E-state index < -0.39 is 0 Å². The van der Waals surface area contributed by atoms with E-state index in [1.54, 1.807) is 0 Å². The van der Waals surface area contributed by atoms with Gasteiger partial charge in [0.1, 0.15) is 0 Å². The van der Waals surface area contributed by atoms with Crippen molar-refractivity contribution >= 4 is 11.3 Å². The summed E-state index contributed by atoms with van der Waals surface area (Å²) in [5.41, 5.74) is 0.